The third kappa shape index (κ3) is 4.85. The Morgan fingerprint density at radius 1 is 1.45 bits per heavy atom. The molecule has 2 unspecified atom stereocenters. The molecule has 0 radical (unpaired) electrons. The maximum Gasteiger partial charge on any atom is 0.328 e. The van der Waals surface area contributed by atoms with Gasteiger partial charge in [-0.1, -0.05) is 6.07 Å². The Kier molecular flexibility index (Phi) is 5.92. The number of ether oxygens (including phenoxy) is 2. The van der Waals surface area contributed by atoms with Crippen molar-refractivity contribution < 1.29 is 28.6 Å². The molecule has 20 heavy (non-hydrogen) atoms. The predicted octanol–water partition coefficient (Wildman–Crippen LogP) is 0.809. The number of carbonyl (C=O) groups excluding carboxylic acids is 1. The zero-order chi connectivity index (χ0) is 15.1. The van der Waals surface area contributed by atoms with E-state index in [1.807, 2.05) is 0 Å². The van der Waals surface area contributed by atoms with Crippen LogP contribution in [0.2, 0.25) is 0 Å². The van der Waals surface area contributed by atoms with Crippen LogP contribution >= 0.6 is 0 Å². The molecule has 6 nitrogen and oxygen atoms in total. The van der Waals surface area contributed by atoms with Crippen molar-refractivity contribution in [3.63, 3.8) is 0 Å². The molecule has 0 aliphatic rings. The third-order valence-electron chi connectivity index (χ3n) is 2.43. The van der Waals surface area contributed by atoms with Crippen molar-refractivity contribution in [1.29, 1.82) is 0 Å². The van der Waals surface area contributed by atoms with E-state index in [1.54, 1.807) is 0 Å². The number of benzene rings is 1. The predicted molar refractivity (Wildman–Crippen MR) is 67.9 cm³/mol. The van der Waals surface area contributed by atoms with Gasteiger partial charge in [0.1, 0.15) is 11.6 Å². The van der Waals surface area contributed by atoms with Crippen molar-refractivity contribution in [2.24, 2.45) is 0 Å². The van der Waals surface area contributed by atoms with Gasteiger partial charge in [0, 0.05) is 13.2 Å². The molecule has 1 amide bonds. The van der Waals surface area contributed by atoms with E-state index in [0.29, 0.717) is 0 Å². The number of methoxy groups -OCH3 is 1. The molecule has 0 aliphatic heterocycles. The fourth-order valence-electron chi connectivity index (χ4n) is 1.43. The van der Waals surface area contributed by atoms with Crippen LogP contribution in [0.25, 0.3) is 0 Å². The highest BCUT2D eigenvalue weighted by atomic mass is 19.1. The van der Waals surface area contributed by atoms with Crippen LogP contribution in [0.3, 0.4) is 0 Å². The quantitative estimate of drug-likeness (QED) is 0.774. The van der Waals surface area contributed by atoms with Crippen molar-refractivity contribution in [3.05, 3.63) is 30.1 Å². The van der Waals surface area contributed by atoms with Gasteiger partial charge < -0.3 is 19.9 Å². The van der Waals surface area contributed by atoms with Crippen molar-refractivity contribution in [1.82, 2.24) is 5.32 Å². The zero-order valence-corrected chi connectivity index (χ0v) is 11.1. The number of halogens is 1. The molecule has 1 rings (SSSR count). The van der Waals surface area contributed by atoms with Crippen LogP contribution < -0.4 is 10.1 Å². The van der Waals surface area contributed by atoms with E-state index >= 15 is 0 Å². The molecule has 2 atom stereocenters. The first-order valence-electron chi connectivity index (χ1n) is 5.88. The van der Waals surface area contributed by atoms with Gasteiger partial charge in [0.25, 0.3) is 5.91 Å². The molecule has 0 spiro atoms. The van der Waals surface area contributed by atoms with Gasteiger partial charge in [-0.25, -0.2) is 9.18 Å². The largest absolute Gasteiger partial charge is 0.481 e. The number of nitrogens with one attached hydrogen (secondary N) is 1. The molecule has 0 aromatic heterocycles. The molecule has 1 aromatic carbocycles. The average Bonchev–Trinajstić information content (AvgIpc) is 2.37. The van der Waals surface area contributed by atoms with Crippen LogP contribution in [-0.4, -0.2) is 42.8 Å². The maximum absolute atomic E-state index is 13.0. The van der Waals surface area contributed by atoms with Gasteiger partial charge in [0.05, 0.1) is 6.61 Å². The Bertz CT molecular complexity index is 480. The standard InChI is InChI=1S/C13H16FNO5/c1-8(20-10-5-3-4-9(14)6-10)12(16)15-11(7-19-2)13(17)18/h3-6,8,11H,7H2,1-2H3,(H,15,16)(H,17,18). The minimum Gasteiger partial charge on any atom is -0.481 e. The number of hydrogen-bond donors (Lipinski definition) is 2. The summed E-state index contributed by atoms with van der Waals surface area (Å²) in [6, 6.07) is 4.16. The maximum atomic E-state index is 13.0. The van der Waals surface area contributed by atoms with E-state index in [9.17, 15) is 14.0 Å². The van der Waals surface area contributed by atoms with Crippen LogP contribution in [0, 0.1) is 5.82 Å². The van der Waals surface area contributed by atoms with Crippen LogP contribution in [0.15, 0.2) is 24.3 Å². The fourth-order valence-corrected chi connectivity index (χ4v) is 1.43. The second-order valence-electron chi connectivity index (χ2n) is 4.07. The lowest BCUT2D eigenvalue weighted by Crippen LogP contribution is -2.48. The summed E-state index contributed by atoms with van der Waals surface area (Å²) in [4.78, 5) is 22.6. The normalized spacial score (nSPS) is 13.3. The van der Waals surface area contributed by atoms with Gasteiger partial charge in [0.15, 0.2) is 12.1 Å². The average molecular weight is 285 g/mol. The molecule has 0 fully saturated rings. The van der Waals surface area contributed by atoms with Gasteiger partial charge >= 0.3 is 5.97 Å². The van der Waals surface area contributed by atoms with Crippen molar-refractivity contribution in [2.75, 3.05) is 13.7 Å². The minimum absolute atomic E-state index is 0.159. The first kappa shape index (κ1) is 15.9. The highest BCUT2D eigenvalue weighted by molar-refractivity contribution is 5.86. The van der Waals surface area contributed by atoms with Gasteiger partial charge in [-0.05, 0) is 19.1 Å². The van der Waals surface area contributed by atoms with Crippen LogP contribution in [-0.2, 0) is 14.3 Å². The molecule has 110 valence electrons. The Balaban J connectivity index is 2.60. The zero-order valence-electron chi connectivity index (χ0n) is 11.1. The number of carboxylic acid groups (broad SMARTS) is 1. The fraction of sp³-hybridized carbons (Fsp3) is 0.385. The lowest BCUT2D eigenvalue weighted by atomic mass is 10.2. The van der Waals surface area contributed by atoms with Gasteiger partial charge in [-0.3, -0.25) is 4.79 Å². The number of carboxylic acids is 1. The second-order valence-corrected chi connectivity index (χ2v) is 4.07. The first-order chi connectivity index (χ1) is 9.43. The van der Waals surface area contributed by atoms with E-state index in [2.05, 4.69) is 5.32 Å². The first-order valence-corrected chi connectivity index (χ1v) is 5.88. The van der Waals surface area contributed by atoms with Gasteiger partial charge in [-0.15, -0.1) is 0 Å². The molecule has 0 heterocycles. The molecule has 0 saturated heterocycles. The molecular weight excluding hydrogens is 269 g/mol. The third-order valence-corrected chi connectivity index (χ3v) is 2.43. The van der Waals surface area contributed by atoms with E-state index in [1.165, 1.54) is 32.2 Å². The summed E-state index contributed by atoms with van der Waals surface area (Å²) in [6.07, 6.45) is -0.962. The van der Waals surface area contributed by atoms with Gasteiger partial charge in [-0.2, -0.15) is 0 Å². The summed E-state index contributed by atoms with van der Waals surface area (Å²) in [7, 11) is 1.33. The van der Waals surface area contributed by atoms with E-state index in [0.717, 1.165) is 6.07 Å². The summed E-state index contributed by atoms with van der Waals surface area (Å²) in [5, 5.41) is 11.1. The molecule has 7 heteroatoms. The molecule has 1 aromatic rings. The van der Waals surface area contributed by atoms with Crippen molar-refractivity contribution >= 4 is 11.9 Å². The van der Waals surface area contributed by atoms with E-state index < -0.39 is 29.8 Å². The van der Waals surface area contributed by atoms with Gasteiger partial charge in [0.2, 0.25) is 0 Å². The van der Waals surface area contributed by atoms with Crippen LogP contribution in [0.1, 0.15) is 6.92 Å². The van der Waals surface area contributed by atoms with E-state index in [4.69, 9.17) is 14.6 Å². The summed E-state index contributed by atoms with van der Waals surface area (Å²) in [6.45, 7) is 1.28. The highest BCUT2D eigenvalue weighted by Gasteiger charge is 2.23. The Hall–Kier alpha value is -2.15. The number of hydrogen-bond acceptors (Lipinski definition) is 4. The Morgan fingerprint density at radius 2 is 2.15 bits per heavy atom. The summed E-state index contributed by atoms with van der Waals surface area (Å²) in [5.41, 5.74) is 0. The molecule has 0 aliphatic carbocycles. The van der Waals surface area contributed by atoms with Crippen molar-refractivity contribution in [2.45, 2.75) is 19.1 Å². The monoisotopic (exact) mass is 285 g/mol. The molecular formula is C13H16FNO5. The molecule has 2 N–H and O–H groups in total. The number of aliphatic carboxylic acids is 1. The Morgan fingerprint density at radius 3 is 2.70 bits per heavy atom. The summed E-state index contributed by atoms with van der Waals surface area (Å²) in [5.74, 6) is -2.14. The second kappa shape index (κ2) is 7.44. The smallest absolute Gasteiger partial charge is 0.328 e. The molecule has 0 saturated carbocycles. The summed E-state index contributed by atoms with van der Waals surface area (Å²) < 4.78 is 22.9. The van der Waals surface area contributed by atoms with Crippen molar-refractivity contribution in [3.8, 4) is 5.75 Å². The number of amides is 1. The van der Waals surface area contributed by atoms with E-state index in [-0.39, 0.29) is 12.4 Å². The lowest BCUT2D eigenvalue weighted by molar-refractivity contribution is -0.144. The minimum atomic E-state index is -1.21. The topological polar surface area (TPSA) is 84.9 Å². The molecule has 0 bridgehead atoms. The lowest BCUT2D eigenvalue weighted by Gasteiger charge is -2.18. The summed E-state index contributed by atoms with van der Waals surface area (Å²) >= 11 is 0. The highest BCUT2D eigenvalue weighted by Crippen LogP contribution is 2.13. The number of rotatable bonds is 7. The van der Waals surface area contributed by atoms with Crippen LogP contribution in [0.5, 0.6) is 5.75 Å². The van der Waals surface area contributed by atoms with Crippen LogP contribution in [0.4, 0.5) is 4.39 Å². The SMILES string of the molecule is COCC(NC(=O)C(C)Oc1cccc(F)c1)C(=O)O. The number of carbonyl (C=O) groups is 2. The Labute approximate surface area is 115 Å².